The number of aromatic amines is 2. The smallest absolute Gasteiger partial charge is 0.326 e. The molecule has 11 heteroatoms. The number of likely N-dealkylation sites (N-methyl/N-ethyl adjacent to an activating group) is 1. The lowest BCUT2D eigenvalue weighted by Crippen LogP contribution is -2.45. The van der Waals surface area contributed by atoms with Gasteiger partial charge in [-0.2, -0.15) is 9.61 Å². The molecular weight excluding hydrogens is 464 g/mol. The normalized spacial score (nSPS) is 19.7. The number of rotatable bonds is 5. The van der Waals surface area contributed by atoms with Crippen molar-refractivity contribution in [3.63, 3.8) is 0 Å². The van der Waals surface area contributed by atoms with Crippen LogP contribution in [0, 0.1) is 0 Å². The van der Waals surface area contributed by atoms with Gasteiger partial charge in [0.1, 0.15) is 5.69 Å². The number of nitrogens with one attached hydrogen (secondary N) is 2. The van der Waals surface area contributed by atoms with E-state index in [0.717, 1.165) is 55.8 Å². The average Bonchev–Trinajstić information content (AvgIpc) is 3.23. The lowest BCUT2D eigenvalue weighted by Gasteiger charge is -2.36. The molecule has 1 unspecified atom stereocenters. The maximum Gasteiger partial charge on any atom is 0.326 e. The summed E-state index contributed by atoms with van der Waals surface area (Å²) < 4.78 is 1.73. The summed E-state index contributed by atoms with van der Waals surface area (Å²) in [6, 6.07) is 4.92. The fraction of sp³-hybridized carbons (Fsp3) is 0.417. The lowest BCUT2D eigenvalue weighted by molar-refractivity contribution is 0.120. The molecule has 2 aliphatic rings. The van der Waals surface area contributed by atoms with Crippen LogP contribution in [0.3, 0.4) is 0 Å². The third kappa shape index (κ3) is 4.42. The molecular formula is C24H28N8O2S. The van der Waals surface area contributed by atoms with Gasteiger partial charge >= 0.3 is 5.69 Å². The van der Waals surface area contributed by atoms with Gasteiger partial charge < -0.3 is 15.0 Å². The van der Waals surface area contributed by atoms with E-state index < -0.39 is 5.69 Å². The lowest BCUT2D eigenvalue weighted by atomic mass is 10.1. The maximum absolute atomic E-state index is 11.6. The van der Waals surface area contributed by atoms with Crippen LogP contribution in [-0.2, 0) is 0 Å². The van der Waals surface area contributed by atoms with Gasteiger partial charge in [0, 0.05) is 59.3 Å². The van der Waals surface area contributed by atoms with Gasteiger partial charge in [-0.15, -0.1) is 11.3 Å². The Hall–Kier alpha value is -3.28. The number of fused-ring (bicyclic) bond motifs is 1. The molecule has 182 valence electrons. The summed E-state index contributed by atoms with van der Waals surface area (Å²) in [7, 11) is 2.18. The molecule has 0 amide bonds. The number of hydrogen-bond acceptors (Lipinski definition) is 8. The summed E-state index contributed by atoms with van der Waals surface area (Å²) in [6.07, 6.45) is 5.52. The third-order valence-corrected chi connectivity index (χ3v) is 7.89. The molecule has 1 aliphatic heterocycles. The zero-order valence-corrected chi connectivity index (χ0v) is 20.5. The van der Waals surface area contributed by atoms with Crippen LogP contribution in [-0.4, -0.2) is 78.7 Å². The topological polar surface area (TPSA) is 118 Å². The van der Waals surface area contributed by atoms with Crippen molar-refractivity contribution >= 4 is 23.1 Å². The second-order valence-corrected chi connectivity index (χ2v) is 10.4. The predicted molar refractivity (Wildman–Crippen MR) is 134 cm³/mol. The first-order valence-electron chi connectivity index (χ1n) is 11.9. The highest BCUT2D eigenvalue weighted by atomic mass is 32.1. The summed E-state index contributed by atoms with van der Waals surface area (Å²) in [5, 5.41) is 17.4. The van der Waals surface area contributed by atoms with Gasteiger partial charge in [-0.25, -0.2) is 9.78 Å². The third-order valence-electron chi connectivity index (χ3n) is 6.79. The SMILES string of the molecule is CC(c1cc(-c2cc(=NC3CC3)n3ncc(=Cc4[nH]c(=O)[nH]c4O)c3n2)cs1)N1CCN(C)CC1. The Kier molecular flexibility index (Phi) is 5.54. The number of hydrogen-bond donors (Lipinski definition) is 3. The van der Waals surface area contributed by atoms with Gasteiger partial charge in [0.2, 0.25) is 5.88 Å². The Labute approximate surface area is 205 Å². The van der Waals surface area contributed by atoms with E-state index in [1.165, 1.54) is 4.88 Å². The van der Waals surface area contributed by atoms with Crippen molar-refractivity contribution in [3.8, 4) is 17.1 Å². The first-order valence-corrected chi connectivity index (χ1v) is 12.8. The molecule has 1 aliphatic carbocycles. The number of thiophene rings is 1. The van der Waals surface area contributed by atoms with Crippen LogP contribution in [0.15, 0.2) is 33.5 Å². The minimum Gasteiger partial charge on any atom is -0.493 e. The van der Waals surface area contributed by atoms with Crippen LogP contribution in [0.2, 0.25) is 0 Å². The van der Waals surface area contributed by atoms with Crippen molar-refractivity contribution in [1.29, 1.82) is 0 Å². The van der Waals surface area contributed by atoms with Gasteiger partial charge in [-0.1, -0.05) is 0 Å². The number of nitrogens with zero attached hydrogens (tertiary/aromatic N) is 6. The number of piperazine rings is 1. The van der Waals surface area contributed by atoms with Crippen molar-refractivity contribution in [2.75, 3.05) is 33.2 Å². The highest BCUT2D eigenvalue weighted by Crippen LogP contribution is 2.31. The van der Waals surface area contributed by atoms with E-state index >= 15 is 0 Å². The molecule has 4 aromatic rings. The molecule has 1 saturated carbocycles. The summed E-state index contributed by atoms with van der Waals surface area (Å²) in [4.78, 5) is 32.5. The number of aromatic hydroxyl groups is 1. The Morgan fingerprint density at radius 3 is 2.74 bits per heavy atom. The molecule has 10 nitrogen and oxygen atoms in total. The summed E-state index contributed by atoms with van der Waals surface area (Å²) in [5.74, 6) is -0.214. The van der Waals surface area contributed by atoms with Gasteiger partial charge in [0.15, 0.2) is 11.1 Å². The van der Waals surface area contributed by atoms with E-state index in [0.29, 0.717) is 22.9 Å². The van der Waals surface area contributed by atoms with Gasteiger partial charge in [-0.05, 0) is 39.0 Å². The predicted octanol–water partition coefficient (Wildman–Crippen LogP) is 1.10. The molecule has 0 aromatic carbocycles. The maximum atomic E-state index is 11.6. The zero-order chi connectivity index (χ0) is 24.1. The molecule has 0 bridgehead atoms. The fourth-order valence-corrected chi connectivity index (χ4v) is 5.43. The van der Waals surface area contributed by atoms with E-state index in [2.05, 4.69) is 50.3 Å². The van der Waals surface area contributed by atoms with E-state index in [1.54, 1.807) is 28.1 Å². The molecule has 3 N–H and O–H groups in total. The van der Waals surface area contributed by atoms with Crippen LogP contribution in [0.4, 0.5) is 0 Å². The Morgan fingerprint density at radius 2 is 2.03 bits per heavy atom. The van der Waals surface area contributed by atoms with Crippen LogP contribution in [0.25, 0.3) is 23.0 Å². The van der Waals surface area contributed by atoms with Crippen molar-refractivity contribution < 1.29 is 5.11 Å². The first-order chi connectivity index (χ1) is 16.9. The summed E-state index contributed by atoms with van der Waals surface area (Å²) in [6.45, 7) is 6.61. The molecule has 1 saturated heterocycles. The standard InChI is InChI=1S/C24H28N8O2S/c1-14(31-7-5-30(2)6-8-31)20-10-16(13-35-20)18-11-21(26-17-3-4-17)32-22(27-18)15(12-25-32)9-19-23(33)29-24(34)28-19/h9-14,17,33H,3-8H2,1-2H3,(H2,28,29,34). The van der Waals surface area contributed by atoms with E-state index in [9.17, 15) is 9.90 Å². The van der Waals surface area contributed by atoms with E-state index in [-0.39, 0.29) is 11.6 Å². The molecule has 5 heterocycles. The van der Waals surface area contributed by atoms with Crippen LogP contribution in [0.5, 0.6) is 5.88 Å². The average molecular weight is 493 g/mol. The van der Waals surface area contributed by atoms with Gasteiger partial charge in [-0.3, -0.25) is 14.9 Å². The molecule has 0 radical (unpaired) electrons. The molecule has 1 atom stereocenters. The summed E-state index contributed by atoms with van der Waals surface area (Å²) in [5.41, 5.74) is 3.11. The molecule has 2 fully saturated rings. The highest BCUT2D eigenvalue weighted by Gasteiger charge is 2.23. The molecule has 35 heavy (non-hydrogen) atoms. The quantitative estimate of drug-likeness (QED) is 0.384. The number of aromatic nitrogens is 5. The summed E-state index contributed by atoms with van der Waals surface area (Å²) >= 11 is 1.76. The second kappa shape index (κ2) is 8.74. The molecule has 0 spiro atoms. The van der Waals surface area contributed by atoms with Crippen LogP contribution in [0.1, 0.15) is 36.4 Å². The van der Waals surface area contributed by atoms with Gasteiger partial charge in [0.25, 0.3) is 0 Å². The van der Waals surface area contributed by atoms with Crippen molar-refractivity contribution in [2.45, 2.75) is 31.8 Å². The first kappa shape index (κ1) is 22.2. The van der Waals surface area contributed by atoms with Crippen molar-refractivity contribution in [1.82, 2.24) is 34.4 Å². The number of H-pyrrole nitrogens is 2. The monoisotopic (exact) mass is 492 g/mol. The van der Waals surface area contributed by atoms with Gasteiger partial charge in [0.05, 0.1) is 17.9 Å². The van der Waals surface area contributed by atoms with E-state index in [1.807, 2.05) is 6.07 Å². The van der Waals surface area contributed by atoms with Crippen molar-refractivity contribution in [3.05, 3.63) is 55.5 Å². The Balaban J connectivity index is 1.42. The van der Waals surface area contributed by atoms with Crippen LogP contribution >= 0.6 is 11.3 Å². The second-order valence-electron chi connectivity index (χ2n) is 9.43. The zero-order valence-electron chi connectivity index (χ0n) is 19.7. The highest BCUT2D eigenvalue weighted by molar-refractivity contribution is 7.10. The fourth-order valence-electron chi connectivity index (χ4n) is 4.44. The molecule has 4 aromatic heterocycles. The minimum atomic E-state index is -0.469. The van der Waals surface area contributed by atoms with E-state index in [4.69, 9.17) is 9.98 Å². The largest absolute Gasteiger partial charge is 0.493 e. The van der Waals surface area contributed by atoms with Crippen molar-refractivity contribution in [2.24, 2.45) is 4.99 Å². The Morgan fingerprint density at radius 1 is 1.23 bits per heavy atom. The number of imidazole rings is 1. The Bertz CT molecular complexity index is 1550. The molecule has 6 rings (SSSR count). The van der Waals surface area contributed by atoms with Crippen LogP contribution < -0.4 is 16.4 Å². The minimum absolute atomic E-state index is 0.214.